The number of carbonyl (C=O) groups excluding carboxylic acids is 6. The van der Waals surface area contributed by atoms with Gasteiger partial charge in [0.1, 0.15) is 10.7 Å². The van der Waals surface area contributed by atoms with Crippen LogP contribution >= 0.6 is 81.2 Å². The third kappa shape index (κ3) is 26.9. The highest BCUT2D eigenvalue weighted by Gasteiger charge is 2.75. The predicted molar refractivity (Wildman–Crippen MR) is 311 cm³/mol. The Morgan fingerprint density at radius 1 is 0.431 bits per heavy atom. The van der Waals surface area contributed by atoms with Gasteiger partial charge >= 0.3 is 0 Å². The lowest BCUT2D eigenvalue weighted by atomic mass is 9.65. The number of Topliss-reactive ketones (excluding diaryl/α,β-unsaturated/α-hetero) is 4. The van der Waals surface area contributed by atoms with Gasteiger partial charge in [-0.1, -0.05) is 274 Å². The fraction of sp³-hybridized carbons (Fsp3) is 0.864. The van der Waals surface area contributed by atoms with Crippen LogP contribution in [-0.4, -0.2) is 59.0 Å². The molecule has 0 spiro atoms. The van der Waals surface area contributed by atoms with Gasteiger partial charge in [0.15, 0.2) is 32.3 Å². The van der Waals surface area contributed by atoms with Crippen molar-refractivity contribution >= 4 is 115 Å². The number of halogens is 7. The monoisotopic (exact) mass is 1150 g/mol. The van der Waals surface area contributed by atoms with Gasteiger partial charge in [-0.2, -0.15) is 0 Å². The molecule has 4 atom stereocenters. The molecule has 0 aromatic heterocycles. The lowest BCUT2D eigenvalue weighted by molar-refractivity contribution is -0.139. The molecule has 0 aliphatic heterocycles. The third-order valence-electron chi connectivity index (χ3n) is 14.7. The molecular formula is C59H99Cl7O6. The van der Waals surface area contributed by atoms with Gasteiger partial charge in [-0.25, -0.2) is 0 Å². The van der Waals surface area contributed by atoms with Crippen LogP contribution in [0.4, 0.5) is 0 Å². The Kier molecular flexibility index (Phi) is 43.6. The Bertz CT molecular complexity index is 1510. The van der Waals surface area contributed by atoms with Gasteiger partial charge in [0.25, 0.3) is 5.24 Å². The molecule has 13 heteroatoms. The third-order valence-corrected chi connectivity index (χ3v) is 18.5. The first-order valence-electron chi connectivity index (χ1n) is 28.9. The molecule has 72 heavy (non-hydrogen) atoms. The summed E-state index contributed by atoms with van der Waals surface area (Å²) in [6, 6.07) is 0. The van der Waals surface area contributed by atoms with Crippen molar-refractivity contribution in [2.75, 3.05) is 5.88 Å². The highest BCUT2D eigenvalue weighted by atomic mass is 35.5. The number of hydrogen-bond donors (Lipinski definition) is 0. The van der Waals surface area contributed by atoms with E-state index in [2.05, 4.69) is 27.4 Å². The molecule has 0 heterocycles. The van der Waals surface area contributed by atoms with E-state index in [4.69, 9.17) is 81.2 Å². The number of unbranched alkanes of at least 4 members (excludes halogenated alkanes) is 33. The van der Waals surface area contributed by atoms with Gasteiger partial charge in [-0.15, -0.1) is 34.8 Å². The number of carbonyl (C=O) groups is 6. The molecule has 0 aromatic rings. The van der Waals surface area contributed by atoms with Crippen LogP contribution in [0, 0.1) is 5.92 Å². The van der Waals surface area contributed by atoms with Crippen molar-refractivity contribution in [3.05, 3.63) is 12.7 Å². The molecule has 0 aliphatic rings. The van der Waals surface area contributed by atoms with E-state index in [1.165, 1.54) is 89.9 Å². The summed E-state index contributed by atoms with van der Waals surface area (Å²) in [5.41, 5.74) is 0. The van der Waals surface area contributed by atoms with Crippen molar-refractivity contribution in [1.82, 2.24) is 0 Å². The Labute approximate surface area is 474 Å². The molecular weight excluding hydrogens is 1050 g/mol. The van der Waals surface area contributed by atoms with Gasteiger partial charge in [0, 0.05) is 25.2 Å². The van der Waals surface area contributed by atoms with Crippen molar-refractivity contribution in [1.29, 1.82) is 0 Å². The zero-order valence-electron chi connectivity index (χ0n) is 45.4. The van der Waals surface area contributed by atoms with E-state index >= 15 is 0 Å². The van der Waals surface area contributed by atoms with Crippen LogP contribution in [0.25, 0.3) is 0 Å². The summed E-state index contributed by atoms with van der Waals surface area (Å²) in [5, 5.41) is -1.48. The minimum atomic E-state index is -3.03. The number of rotatable bonds is 54. The smallest absolute Gasteiger partial charge is 0.252 e. The minimum Gasteiger partial charge on any atom is -0.299 e. The lowest BCUT2D eigenvalue weighted by Crippen LogP contribution is -2.74. The second-order valence-corrected chi connectivity index (χ2v) is 24.6. The zero-order valence-corrected chi connectivity index (χ0v) is 50.7. The van der Waals surface area contributed by atoms with E-state index in [1.54, 1.807) is 0 Å². The average Bonchev–Trinajstić information content (AvgIpc) is 3.36. The molecule has 4 unspecified atom stereocenters. The van der Waals surface area contributed by atoms with Crippen molar-refractivity contribution in [3.8, 4) is 0 Å². The second-order valence-electron chi connectivity index (χ2n) is 20.8. The quantitative estimate of drug-likeness (QED) is 0.0198. The zero-order chi connectivity index (χ0) is 54.2. The van der Waals surface area contributed by atoms with Crippen LogP contribution in [0.2, 0.25) is 0 Å². The Hall–Kier alpha value is -0.210. The molecule has 0 aliphatic carbocycles. The van der Waals surface area contributed by atoms with Gasteiger partial charge in [-0.05, 0) is 56.2 Å². The predicted octanol–water partition coefficient (Wildman–Crippen LogP) is 20.2. The summed E-state index contributed by atoms with van der Waals surface area (Å²) in [4.78, 5) is 74.6. The van der Waals surface area contributed by atoms with Gasteiger partial charge in [0.05, 0.1) is 5.88 Å². The second kappa shape index (κ2) is 43.7. The van der Waals surface area contributed by atoms with Gasteiger partial charge in [0.2, 0.25) is 4.87 Å². The summed E-state index contributed by atoms with van der Waals surface area (Å²) in [6.45, 7) is 10.1. The summed E-state index contributed by atoms with van der Waals surface area (Å²) < 4.78 is -1.36. The van der Waals surface area contributed by atoms with Crippen molar-refractivity contribution in [3.63, 3.8) is 0 Å². The standard InChI is InChI=1S/C59H99Cl7O6/c1-5-9-12-15-17-19-20-21-22-23-24-26-30-35-40-45-52(69)56(62,63)47-42-37-32-28-27-29-34-38-43-49(50(67)44-39-33-14-11-7-3)57(64,51(68)8-4)59(66,54(71)48-60)58(65,55(61)72)53(70)46-41-36-31-25-18-16-13-10-6-2/h8,49H,4-7,9-48H2,1-3H3. The molecule has 0 fully saturated rings. The van der Waals surface area contributed by atoms with E-state index in [1.807, 2.05) is 0 Å². The Balaban J connectivity index is 5.47. The highest BCUT2D eigenvalue weighted by molar-refractivity contribution is 6.78. The fourth-order valence-corrected chi connectivity index (χ4v) is 12.5. The van der Waals surface area contributed by atoms with Crippen LogP contribution in [0.3, 0.4) is 0 Å². The first-order valence-corrected chi connectivity index (χ1v) is 31.7. The van der Waals surface area contributed by atoms with E-state index in [-0.39, 0.29) is 25.0 Å². The van der Waals surface area contributed by atoms with Crippen molar-refractivity contribution in [2.45, 2.75) is 309 Å². The maximum Gasteiger partial charge on any atom is 0.252 e. The van der Waals surface area contributed by atoms with E-state index in [9.17, 15) is 28.8 Å². The average molecular weight is 1150 g/mol. The maximum atomic E-state index is 14.4. The maximum absolute atomic E-state index is 14.4. The Morgan fingerprint density at radius 2 is 0.750 bits per heavy atom. The van der Waals surface area contributed by atoms with Crippen LogP contribution in [0.15, 0.2) is 12.7 Å². The molecule has 0 saturated heterocycles. The first-order chi connectivity index (χ1) is 34.4. The SMILES string of the molecule is C=CC(=O)C(Cl)(C(CCCCCCCCCCC(Cl)(Cl)C(=O)CCCCCCCCCCCCCCCCC)C(=O)CCCCCCC)C(Cl)(C(=O)CCl)C(Cl)(C(=O)Cl)C(=O)CCCCCCCCCCC. The largest absolute Gasteiger partial charge is 0.299 e. The number of allylic oxidation sites excluding steroid dienone is 1. The number of ketones is 5. The van der Waals surface area contributed by atoms with E-state index < -0.39 is 59.1 Å². The normalized spacial score (nSPS) is 14.8. The summed E-state index contributed by atoms with van der Waals surface area (Å²) >= 11 is 47.2. The van der Waals surface area contributed by atoms with E-state index in [0.717, 1.165) is 122 Å². The first kappa shape index (κ1) is 71.8. The molecule has 420 valence electrons. The molecule has 0 N–H and O–H groups in total. The fourth-order valence-electron chi connectivity index (χ4n) is 10.1. The summed E-state index contributed by atoms with van der Waals surface area (Å²) in [7, 11) is 0. The van der Waals surface area contributed by atoms with Crippen LogP contribution < -0.4 is 0 Å². The highest BCUT2D eigenvalue weighted by Crippen LogP contribution is 2.55. The number of alkyl halides is 6. The minimum absolute atomic E-state index is 0.0256. The molecule has 0 radical (unpaired) electrons. The van der Waals surface area contributed by atoms with E-state index in [0.29, 0.717) is 44.9 Å². The van der Waals surface area contributed by atoms with Gasteiger partial charge < -0.3 is 0 Å². The van der Waals surface area contributed by atoms with Crippen LogP contribution in [-0.2, 0) is 28.8 Å². The lowest BCUT2D eigenvalue weighted by Gasteiger charge is -2.49. The van der Waals surface area contributed by atoms with Crippen LogP contribution in [0.1, 0.15) is 290 Å². The topological polar surface area (TPSA) is 102 Å². The molecule has 0 saturated carbocycles. The number of hydrogen-bond acceptors (Lipinski definition) is 6. The molecule has 6 nitrogen and oxygen atoms in total. The van der Waals surface area contributed by atoms with Gasteiger partial charge in [-0.3, -0.25) is 28.8 Å². The van der Waals surface area contributed by atoms with Crippen LogP contribution in [0.5, 0.6) is 0 Å². The Morgan fingerprint density at radius 3 is 1.10 bits per heavy atom. The van der Waals surface area contributed by atoms with Crippen molar-refractivity contribution in [2.24, 2.45) is 5.92 Å². The summed E-state index contributed by atoms with van der Waals surface area (Å²) in [5.74, 6) is -5.95. The summed E-state index contributed by atoms with van der Waals surface area (Å²) in [6.07, 6.45) is 39.5. The molecule has 0 rings (SSSR count). The molecule has 0 aromatic carbocycles. The molecule has 0 bridgehead atoms. The van der Waals surface area contributed by atoms with Crippen molar-refractivity contribution < 1.29 is 28.8 Å². The molecule has 0 amide bonds.